The van der Waals surface area contributed by atoms with E-state index in [1.807, 2.05) is 21.9 Å². The quantitative estimate of drug-likeness (QED) is 0.676. The lowest BCUT2D eigenvalue weighted by Crippen LogP contribution is -2.53. The molecule has 3 fully saturated rings. The number of carbonyl (C=O) groups is 2. The van der Waals surface area contributed by atoms with Gasteiger partial charge in [-0.2, -0.15) is 0 Å². The maximum absolute atomic E-state index is 12.7. The van der Waals surface area contributed by atoms with E-state index in [4.69, 9.17) is 21.7 Å². The summed E-state index contributed by atoms with van der Waals surface area (Å²) in [7, 11) is 1.49. The monoisotopic (exact) mass is 462 g/mol. The number of pyridine rings is 1. The van der Waals surface area contributed by atoms with Crippen molar-refractivity contribution in [3.63, 3.8) is 0 Å². The van der Waals surface area contributed by atoms with Gasteiger partial charge in [-0.1, -0.05) is 0 Å². The molecule has 0 aliphatic carbocycles. The molecule has 0 saturated carbocycles. The number of amides is 3. The lowest BCUT2D eigenvalue weighted by Gasteiger charge is -2.39. The highest BCUT2D eigenvalue weighted by molar-refractivity contribution is 7.80. The zero-order valence-electron chi connectivity index (χ0n) is 18.4. The number of nitrogens with zero attached hydrogens (tertiary/aromatic N) is 5. The van der Waals surface area contributed by atoms with Crippen molar-refractivity contribution < 1.29 is 19.1 Å². The van der Waals surface area contributed by atoms with E-state index in [1.165, 1.54) is 13.5 Å². The Morgan fingerprint density at radius 3 is 2.53 bits per heavy atom. The lowest BCUT2D eigenvalue weighted by molar-refractivity contribution is 0.140. The van der Waals surface area contributed by atoms with E-state index in [1.54, 1.807) is 11.1 Å². The van der Waals surface area contributed by atoms with Crippen LogP contribution in [0.5, 0.6) is 0 Å². The van der Waals surface area contributed by atoms with Crippen LogP contribution < -0.4 is 15.1 Å². The first-order valence-corrected chi connectivity index (χ1v) is 11.5. The third-order valence-electron chi connectivity index (χ3n) is 6.08. The second-order valence-corrected chi connectivity index (χ2v) is 8.54. The van der Waals surface area contributed by atoms with Crippen molar-refractivity contribution in [1.82, 2.24) is 20.1 Å². The molecule has 3 aliphatic rings. The minimum atomic E-state index is -0.403. The summed E-state index contributed by atoms with van der Waals surface area (Å²) in [6.45, 7) is 5.41. The summed E-state index contributed by atoms with van der Waals surface area (Å²) < 4.78 is 10.3. The summed E-state index contributed by atoms with van der Waals surface area (Å²) in [5, 5.41) is 3.17. The van der Waals surface area contributed by atoms with Gasteiger partial charge in [0.25, 0.3) is 5.17 Å². The molecule has 32 heavy (non-hydrogen) atoms. The summed E-state index contributed by atoms with van der Waals surface area (Å²) in [5.41, 5.74) is 0.689. The number of urea groups is 1. The third kappa shape index (κ3) is 5.14. The summed E-state index contributed by atoms with van der Waals surface area (Å²) in [5.74, 6) is 0.843. The molecule has 174 valence electrons. The molecular formula is C21H30N6O4S. The Hall–Kier alpha value is -2.82. The van der Waals surface area contributed by atoms with Crippen LogP contribution in [-0.2, 0) is 9.47 Å². The zero-order chi connectivity index (χ0) is 22.5. The van der Waals surface area contributed by atoms with Gasteiger partial charge in [0.1, 0.15) is 11.9 Å². The number of likely N-dealkylation sites (tertiary alicyclic amines) is 1. The van der Waals surface area contributed by atoms with Crippen LogP contribution in [-0.4, -0.2) is 97.7 Å². The number of piperazine rings is 1. The summed E-state index contributed by atoms with van der Waals surface area (Å²) in [6, 6.07) is 3.95. The molecule has 1 N–H and O–H groups in total. The molecule has 0 unspecified atom stereocenters. The molecule has 1 aromatic heterocycles. The summed E-state index contributed by atoms with van der Waals surface area (Å²) in [4.78, 5) is 37.2. The van der Waals surface area contributed by atoms with Gasteiger partial charge >= 0.3 is 12.1 Å². The second kappa shape index (κ2) is 10.2. The highest BCUT2D eigenvalue weighted by atomic mass is 32.1. The van der Waals surface area contributed by atoms with E-state index in [2.05, 4.69) is 15.2 Å². The van der Waals surface area contributed by atoms with E-state index < -0.39 is 6.09 Å². The predicted octanol–water partition coefficient (Wildman–Crippen LogP) is 1.66. The molecule has 1 aromatic rings. The molecule has 3 aliphatic heterocycles. The van der Waals surface area contributed by atoms with Crippen molar-refractivity contribution >= 4 is 41.0 Å². The SMILES string of the molecule is COC(=S)NC[C@H]1CN(c2ccc(N3CCN(C(=O)N4CCCCC4)CC3)nc2)C(=O)O1. The number of thiocarbonyl (C=S) groups is 1. The van der Waals surface area contributed by atoms with Crippen molar-refractivity contribution in [2.24, 2.45) is 0 Å². The average molecular weight is 463 g/mol. The van der Waals surface area contributed by atoms with Gasteiger partial charge in [0.2, 0.25) is 0 Å². The molecule has 4 heterocycles. The minimum Gasteiger partial charge on any atom is -0.474 e. The molecular weight excluding hydrogens is 432 g/mol. The summed E-state index contributed by atoms with van der Waals surface area (Å²) >= 11 is 4.95. The van der Waals surface area contributed by atoms with E-state index in [-0.39, 0.29) is 17.3 Å². The Morgan fingerprint density at radius 1 is 1.16 bits per heavy atom. The van der Waals surface area contributed by atoms with Crippen molar-refractivity contribution in [3.8, 4) is 0 Å². The van der Waals surface area contributed by atoms with Crippen LogP contribution in [0.2, 0.25) is 0 Å². The van der Waals surface area contributed by atoms with Crippen LogP contribution in [0.3, 0.4) is 0 Å². The lowest BCUT2D eigenvalue weighted by atomic mass is 10.1. The largest absolute Gasteiger partial charge is 0.474 e. The number of carbonyl (C=O) groups excluding carboxylic acids is 2. The smallest absolute Gasteiger partial charge is 0.414 e. The first-order chi connectivity index (χ1) is 15.5. The Balaban J connectivity index is 1.28. The van der Waals surface area contributed by atoms with Gasteiger partial charge in [0, 0.05) is 39.3 Å². The molecule has 0 aromatic carbocycles. The highest BCUT2D eigenvalue weighted by Gasteiger charge is 2.33. The van der Waals surface area contributed by atoms with Crippen molar-refractivity contribution in [2.75, 3.05) is 69.3 Å². The maximum atomic E-state index is 12.7. The number of hydrogen-bond acceptors (Lipinski definition) is 7. The maximum Gasteiger partial charge on any atom is 0.414 e. The Bertz CT molecular complexity index is 824. The van der Waals surface area contributed by atoms with Gasteiger partial charge in [0.05, 0.1) is 32.1 Å². The molecule has 1 atom stereocenters. The summed E-state index contributed by atoms with van der Waals surface area (Å²) in [6.07, 6.45) is 4.39. The Morgan fingerprint density at radius 2 is 1.88 bits per heavy atom. The zero-order valence-corrected chi connectivity index (χ0v) is 19.2. The molecule has 3 amide bonds. The normalized spacial score (nSPS) is 21.4. The number of hydrogen-bond donors (Lipinski definition) is 1. The number of piperidine rings is 1. The molecule has 4 rings (SSSR count). The number of nitrogens with one attached hydrogen (secondary N) is 1. The number of anilines is 2. The van der Waals surface area contributed by atoms with Crippen LogP contribution in [0.25, 0.3) is 0 Å². The molecule has 0 spiro atoms. The number of aromatic nitrogens is 1. The van der Waals surface area contributed by atoms with Gasteiger partial charge in [-0.3, -0.25) is 4.90 Å². The minimum absolute atomic E-state index is 0.163. The fourth-order valence-electron chi connectivity index (χ4n) is 4.25. The Labute approximate surface area is 193 Å². The van der Waals surface area contributed by atoms with E-state index in [9.17, 15) is 9.59 Å². The van der Waals surface area contributed by atoms with Crippen molar-refractivity contribution in [3.05, 3.63) is 18.3 Å². The van der Waals surface area contributed by atoms with Crippen molar-refractivity contribution in [2.45, 2.75) is 25.4 Å². The van der Waals surface area contributed by atoms with Gasteiger partial charge in [-0.15, -0.1) is 0 Å². The van der Waals surface area contributed by atoms with E-state index in [0.717, 1.165) is 44.8 Å². The topological polar surface area (TPSA) is 90.5 Å². The van der Waals surface area contributed by atoms with Gasteiger partial charge in [0.15, 0.2) is 0 Å². The van der Waals surface area contributed by atoms with Crippen LogP contribution in [0, 0.1) is 0 Å². The van der Waals surface area contributed by atoms with Gasteiger partial charge in [-0.25, -0.2) is 14.6 Å². The van der Waals surface area contributed by atoms with Gasteiger partial charge < -0.3 is 29.5 Å². The highest BCUT2D eigenvalue weighted by Crippen LogP contribution is 2.24. The fraction of sp³-hybridized carbons (Fsp3) is 0.619. The first-order valence-electron chi connectivity index (χ1n) is 11.1. The molecule has 11 heteroatoms. The van der Waals surface area contributed by atoms with Crippen LogP contribution in [0.15, 0.2) is 18.3 Å². The fourth-order valence-corrected chi connectivity index (χ4v) is 4.33. The van der Waals surface area contributed by atoms with E-state index >= 15 is 0 Å². The molecule has 0 bridgehead atoms. The van der Waals surface area contributed by atoms with Crippen molar-refractivity contribution in [1.29, 1.82) is 0 Å². The van der Waals surface area contributed by atoms with Crippen LogP contribution >= 0.6 is 12.2 Å². The first kappa shape index (κ1) is 22.4. The van der Waals surface area contributed by atoms with Crippen LogP contribution in [0.4, 0.5) is 21.1 Å². The molecule has 3 saturated heterocycles. The van der Waals surface area contributed by atoms with E-state index in [0.29, 0.717) is 31.9 Å². The molecule has 10 nitrogen and oxygen atoms in total. The Kier molecular flexibility index (Phi) is 7.13. The number of cyclic esters (lactones) is 1. The third-order valence-corrected chi connectivity index (χ3v) is 6.39. The number of methoxy groups -OCH3 is 1. The number of rotatable bonds is 4. The predicted molar refractivity (Wildman–Crippen MR) is 124 cm³/mol. The van der Waals surface area contributed by atoms with Crippen LogP contribution in [0.1, 0.15) is 19.3 Å². The standard InChI is InChI=1S/C21H30N6O4S/c1-30-19(32)23-14-17-15-27(21(29)31-17)16-5-6-18(22-13-16)24-9-11-26(12-10-24)20(28)25-7-3-2-4-8-25/h5-6,13,17H,2-4,7-12,14-15H2,1H3,(H,23,32)/t17-/m0/s1. The molecule has 0 radical (unpaired) electrons. The average Bonchev–Trinajstić information content (AvgIpc) is 3.23. The number of ether oxygens (including phenoxy) is 2. The van der Waals surface area contributed by atoms with Gasteiger partial charge in [-0.05, 0) is 43.6 Å². The second-order valence-electron chi connectivity index (χ2n) is 8.17.